The molecule has 0 spiro atoms. The van der Waals surface area contributed by atoms with Crippen molar-refractivity contribution in [1.29, 1.82) is 0 Å². The van der Waals surface area contributed by atoms with Crippen molar-refractivity contribution in [2.45, 2.75) is 0 Å². The summed E-state index contributed by atoms with van der Waals surface area (Å²) in [5.74, 6) is 0. The van der Waals surface area contributed by atoms with Gasteiger partial charge in [0.15, 0.2) is 0 Å². The summed E-state index contributed by atoms with van der Waals surface area (Å²) in [6.07, 6.45) is 5.57. The predicted molar refractivity (Wildman–Crippen MR) is 191 cm³/mol. The van der Waals surface area contributed by atoms with E-state index in [1.165, 1.54) is 0 Å². The normalized spacial score (nSPS) is 11.8. The quantitative estimate of drug-likeness (QED) is 0.189. The molecule has 0 aliphatic rings. The molecule has 10 rings (SSSR count). The number of furan rings is 1. The summed E-state index contributed by atoms with van der Waals surface area (Å²) >= 11 is 0. The Kier molecular flexibility index (Phi) is 5.51. The second-order valence-corrected chi connectivity index (χ2v) is 11.8. The average molecular weight is 601 g/mol. The molecule has 47 heavy (non-hydrogen) atoms. The number of nitrogens with zero attached hydrogens (tertiary/aromatic N) is 4. The van der Waals surface area contributed by atoms with E-state index in [0.29, 0.717) is 0 Å². The van der Waals surface area contributed by atoms with Crippen LogP contribution in [0.1, 0.15) is 0 Å². The summed E-state index contributed by atoms with van der Waals surface area (Å²) in [7, 11) is 0. The standard InChI is InChI=1S/C42H24N4O/c1-3-11-36-32(9-1)38-33(19-18-31-29-8-2-4-12-37(29)47-42(31)38)39(46-36)26-15-13-25(14-16-26)28-17-20-35(45-24-28)34-23-27-7-5-21-43-40(27)41-30(34)10-6-22-44-41/h1-24H. The first-order valence-electron chi connectivity index (χ1n) is 15.6. The summed E-state index contributed by atoms with van der Waals surface area (Å²) < 4.78 is 6.49. The zero-order valence-corrected chi connectivity index (χ0v) is 25.1. The Morgan fingerprint density at radius 2 is 1.21 bits per heavy atom. The van der Waals surface area contributed by atoms with Gasteiger partial charge in [-0.2, -0.15) is 0 Å². The molecule has 0 saturated carbocycles. The van der Waals surface area contributed by atoms with Crippen molar-refractivity contribution in [3.8, 4) is 33.6 Å². The Labute approximate surface area is 268 Å². The van der Waals surface area contributed by atoms with Gasteiger partial charge in [-0.25, -0.2) is 4.98 Å². The minimum atomic E-state index is 0.887. The molecule has 0 radical (unpaired) electrons. The van der Waals surface area contributed by atoms with E-state index in [4.69, 9.17) is 14.4 Å². The van der Waals surface area contributed by atoms with Crippen LogP contribution in [0.15, 0.2) is 150 Å². The van der Waals surface area contributed by atoms with Crippen LogP contribution in [0.3, 0.4) is 0 Å². The van der Waals surface area contributed by atoms with Gasteiger partial charge in [-0.3, -0.25) is 15.0 Å². The molecule has 5 aromatic carbocycles. The summed E-state index contributed by atoms with van der Waals surface area (Å²) in [4.78, 5) is 19.3. The number of hydrogen-bond donors (Lipinski definition) is 0. The van der Waals surface area contributed by atoms with Gasteiger partial charge in [0.1, 0.15) is 11.2 Å². The van der Waals surface area contributed by atoms with E-state index < -0.39 is 0 Å². The van der Waals surface area contributed by atoms with Gasteiger partial charge >= 0.3 is 0 Å². The van der Waals surface area contributed by atoms with Crippen molar-refractivity contribution in [3.05, 3.63) is 146 Å². The molecule has 0 saturated heterocycles. The molecule has 10 aromatic rings. The molecule has 0 N–H and O–H groups in total. The Hall–Kier alpha value is -6.46. The van der Waals surface area contributed by atoms with Gasteiger partial charge in [0, 0.05) is 73.0 Å². The van der Waals surface area contributed by atoms with Crippen molar-refractivity contribution >= 4 is 65.4 Å². The number of benzene rings is 5. The predicted octanol–water partition coefficient (Wildman–Crippen LogP) is 10.8. The van der Waals surface area contributed by atoms with Crippen LogP contribution in [0.5, 0.6) is 0 Å². The minimum absolute atomic E-state index is 0.887. The fourth-order valence-electron chi connectivity index (χ4n) is 6.97. The monoisotopic (exact) mass is 600 g/mol. The Balaban J connectivity index is 1.07. The number of rotatable bonds is 3. The average Bonchev–Trinajstić information content (AvgIpc) is 3.53. The number of para-hydroxylation sites is 2. The third-order valence-corrected chi connectivity index (χ3v) is 9.20. The first kappa shape index (κ1) is 25.8. The van der Waals surface area contributed by atoms with Crippen LogP contribution in [0.25, 0.3) is 99.1 Å². The highest BCUT2D eigenvalue weighted by atomic mass is 16.3. The zero-order chi connectivity index (χ0) is 30.9. The summed E-state index contributed by atoms with van der Waals surface area (Å²) in [5.41, 5.74) is 10.6. The van der Waals surface area contributed by atoms with E-state index in [1.54, 1.807) is 0 Å². The van der Waals surface area contributed by atoms with E-state index in [2.05, 4.69) is 107 Å². The van der Waals surface area contributed by atoms with Crippen LogP contribution >= 0.6 is 0 Å². The van der Waals surface area contributed by atoms with Crippen LogP contribution in [0.4, 0.5) is 0 Å². The van der Waals surface area contributed by atoms with Crippen molar-refractivity contribution in [3.63, 3.8) is 0 Å². The van der Waals surface area contributed by atoms with E-state index >= 15 is 0 Å². The van der Waals surface area contributed by atoms with Gasteiger partial charge in [-0.1, -0.05) is 84.9 Å². The Morgan fingerprint density at radius 1 is 0.489 bits per heavy atom. The van der Waals surface area contributed by atoms with Crippen LogP contribution in [-0.4, -0.2) is 19.9 Å². The molecule has 218 valence electrons. The molecule has 5 heterocycles. The maximum absolute atomic E-state index is 6.49. The lowest BCUT2D eigenvalue weighted by Crippen LogP contribution is -1.91. The molecule has 0 bridgehead atoms. The van der Waals surface area contributed by atoms with Crippen molar-refractivity contribution in [2.24, 2.45) is 0 Å². The second-order valence-electron chi connectivity index (χ2n) is 11.8. The fraction of sp³-hybridized carbons (Fsp3) is 0. The number of pyridine rings is 4. The van der Waals surface area contributed by atoms with E-state index in [0.717, 1.165) is 99.1 Å². The third-order valence-electron chi connectivity index (χ3n) is 9.20. The van der Waals surface area contributed by atoms with E-state index in [9.17, 15) is 0 Å². The number of aromatic nitrogens is 4. The fourth-order valence-corrected chi connectivity index (χ4v) is 6.97. The summed E-state index contributed by atoms with van der Waals surface area (Å²) in [5, 5.41) is 7.58. The van der Waals surface area contributed by atoms with Crippen molar-refractivity contribution < 1.29 is 4.42 Å². The van der Waals surface area contributed by atoms with Crippen LogP contribution < -0.4 is 0 Å². The highest BCUT2D eigenvalue weighted by molar-refractivity contribution is 6.24. The molecule has 5 heteroatoms. The summed E-state index contributed by atoms with van der Waals surface area (Å²) in [6, 6.07) is 43.9. The lowest BCUT2D eigenvalue weighted by atomic mass is 9.96. The molecule has 0 atom stereocenters. The van der Waals surface area contributed by atoms with E-state index in [1.807, 2.05) is 48.9 Å². The van der Waals surface area contributed by atoms with Crippen LogP contribution in [0.2, 0.25) is 0 Å². The largest absolute Gasteiger partial charge is 0.455 e. The number of hydrogen-bond acceptors (Lipinski definition) is 5. The van der Waals surface area contributed by atoms with Gasteiger partial charge in [0.25, 0.3) is 0 Å². The SMILES string of the molecule is c1cnc2c(c1)cc(-c1ccc(-c3ccc(-c4nc5ccccc5c5c4ccc4c6ccccc6oc45)cc3)cn1)c1cccnc12. The Bertz CT molecular complexity index is 2840. The molecule has 0 aliphatic carbocycles. The molecule has 0 amide bonds. The highest BCUT2D eigenvalue weighted by Crippen LogP contribution is 2.41. The molecule has 0 fully saturated rings. The smallest absolute Gasteiger partial charge is 0.144 e. The van der Waals surface area contributed by atoms with Crippen LogP contribution in [0, 0.1) is 0 Å². The van der Waals surface area contributed by atoms with Gasteiger partial charge in [0.05, 0.1) is 27.9 Å². The van der Waals surface area contributed by atoms with Crippen molar-refractivity contribution in [2.75, 3.05) is 0 Å². The van der Waals surface area contributed by atoms with Crippen LogP contribution in [-0.2, 0) is 0 Å². The first-order chi connectivity index (χ1) is 23.3. The molecule has 0 unspecified atom stereocenters. The van der Waals surface area contributed by atoms with Crippen molar-refractivity contribution in [1.82, 2.24) is 19.9 Å². The third kappa shape index (κ3) is 3.97. The molecular formula is C42H24N4O. The number of fused-ring (bicyclic) bond motifs is 10. The topological polar surface area (TPSA) is 64.7 Å². The molecular weight excluding hydrogens is 576 g/mol. The lowest BCUT2D eigenvalue weighted by Gasteiger charge is -2.12. The minimum Gasteiger partial charge on any atom is -0.455 e. The van der Waals surface area contributed by atoms with Gasteiger partial charge in [0.2, 0.25) is 0 Å². The first-order valence-corrected chi connectivity index (χ1v) is 15.6. The van der Waals surface area contributed by atoms with Gasteiger partial charge in [-0.05, 0) is 48.0 Å². The highest BCUT2D eigenvalue weighted by Gasteiger charge is 2.17. The second kappa shape index (κ2) is 10.0. The van der Waals surface area contributed by atoms with Gasteiger partial charge in [-0.15, -0.1) is 0 Å². The molecule has 5 aromatic heterocycles. The Morgan fingerprint density at radius 3 is 2.09 bits per heavy atom. The molecule has 5 nitrogen and oxygen atoms in total. The maximum atomic E-state index is 6.49. The summed E-state index contributed by atoms with van der Waals surface area (Å²) in [6.45, 7) is 0. The molecule has 0 aliphatic heterocycles. The van der Waals surface area contributed by atoms with E-state index in [-0.39, 0.29) is 0 Å². The van der Waals surface area contributed by atoms with Gasteiger partial charge < -0.3 is 4.42 Å². The maximum Gasteiger partial charge on any atom is 0.144 e. The lowest BCUT2D eigenvalue weighted by molar-refractivity contribution is 0.673. The zero-order valence-electron chi connectivity index (χ0n) is 25.1.